The van der Waals surface area contributed by atoms with Gasteiger partial charge in [-0.15, -0.1) is 0 Å². The van der Waals surface area contributed by atoms with Crippen LogP contribution in [0.25, 0.3) is 0 Å². The van der Waals surface area contributed by atoms with Crippen LogP contribution < -0.4 is 0 Å². The molecule has 0 spiro atoms. The summed E-state index contributed by atoms with van der Waals surface area (Å²) in [5.74, 6) is 0. The first-order chi connectivity index (χ1) is 5.77. The van der Waals surface area contributed by atoms with Crippen LogP contribution in [0.1, 0.15) is 24.2 Å². The zero-order valence-corrected chi connectivity index (χ0v) is 7.12. The number of fused-ring (bicyclic) bond motifs is 1. The van der Waals surface area contributed by atoms with Crippen molar-refractivity contribution in [1.82, 2.24) is 0 Å². The highest BCUT2D eigenvalue weighted by Crippen LogP contribution is 2.27. The summed E-state index contributed by atoms with van der Waals surface area (Å²) in [6, 6.07) is 8.05. The van der Waals surface area contributed by atoms with Crippen LogP contribution in [0, 0.1) is 0 Å². The van der Waals surface area contributed by atoms with Crippen molar-refractivity contribution >= 4 is 0 Å². The maximum atomic E-state index is 9.66. The zero-order chi connectivity index (χ0) is 8.55. The van der Waals surface area contributed by atoms with Gasteiger partial charge in [0.05, 0.1) is 6.10 Å². The van der Waals surface area contributed by atoms with E-state index in [4.69, 9.17) is 0 Å². The Morgan fingerprint density at radius 3 is 2.92 bits per heavy atom. The van der Waals surface area contributed by atoms with Crippen molar-refractivity contribution in [3.8, 4) is 0 Å². The van der Waals surface area contributed by atoms with Crippen LogP contribution >= 0.6 is 0 Å². The molecule has 12 heavy (non-hydrogen) atoms. The van der Waals surface area contributed by atoms with Gasteiger partial charge in [-0.2, -0.15) is 0 Å². The number of benzene rings is 1. The molecule has 1 aliphatic carbocycles. The van der Waals surface area contributed by atoms with Crippen molar-refractivity contribution in [2.45, 2.75) is 19.4 Å². The van der Waals surface area contributed by atoms with E-state index >= 15 is 0 Å². The lowest BCUT2D eigenvalue weighted by Crippen LogP contribution is -2.06. The second-order valence-corrected chi connectivity index (χ2v) is 3.33. The van der Waals surface area contributed by atoms with Crippen molar-refractivity contribution in [3.63, 3.8) is 0 Å². The van der Waals surface area contributed by atoms with Crippen LogP contribution in [0.5, 0.6) is 0 Å². The molecule has 0 amide bonds. The van der Waals surface area contributed by atoms with Gasteiger partial charge < -0.3 is 5.11 Å². The molecule has 1 aliphatic rings. The van der Waals surface area contributed by atoms with Crippen molar-refractivity contribution in [1.29, 1.82) is 0 Å². The van der Waals surface area contributed by atoms with Crippen LogP contribution in [0.15, 0.2) is 35.9 Å². The molecule has 0 radical (unpaired) electrons. The van der Waals surface area contributed by atoms with Gasteiger partial charge in [-0.05, 0) is 24.5 Å². The third kappa shape index (κ3) is 1.16. The lowest BCUT2D eigenvalue weighted by atomic mass is 9.91. The minimum absolute atomic E-state index is 0.394. The predicted octanol–water partition coefficient (Wildman–Crippen LogP) is 2.22. The Morgan fingerprint density at radius 2 is 2.08 bits per heavy atom. The van der Waals surface area contributed by atoms with Gasteiger partial charge >= 0.3 is 0 Å². The maximum Gasteiger partial charge on any atom is 0.0977 e. The van der Waals surface area contributed by atoms with Crippen molar-refractivity contribution < 1.29 is 5.11 Å². The van der Waals surface area contributed by atoms with Crippen LogP contribution in [0.3, 0.4) is 0 Å². The maximum absolute atomic E-state index is 9.66. The topological polar surface area (TPSA) is 20.2 Å². The van der Waals surface area contributed by atoms with Gasteiger partial charge in [0.25, 0.3) is 0 Å². The number of aliphatic hydroxyl groups is 1. The Hall–Kier alpha value is -1.08. The smallest absolute Gasteiger partial charge is 0.0977 e. The highest BCUT2D eigenvalue weighted by Gasteiger charge is 2.14. The molecule has 0 aromatic heterocycles. The Labute approximate surface area is 72.4 Å². The molecule has 1 nitrogen and oxygen atoms in total. The normalized spacial score (nSPS) is 21.5. The highest BCUT2D eigenvalue weighted by atomic mass is 16.3. The molecule has 1 heteroatoms. The van der Waals surface area contributed by atoms with Gasteiger partial charge in [-0.25, -0.2) is 0 Å². The van der Waals surface area contributed by atoms with Crippen LogP contribution in [-0.4, -0.2) is 5.11 Å². The lowest BCUT2D eigenvalue weighted by Gasteiger charge is -2.18. The second kappa shape index (κ2) is 2.76. The molecule has 0 saturated heterocycles. The summed E-state index contributed by atoms with van der Waals surface area (Å²) in [5, 5.41) is 9.66. The molecule has 0 bridgehead atoms. The average molecular weight is 160 g/mol. The van der Waals surface area contributed by atoms with Gasteiger partial charge in [-0.1, -0.05) is 35.9 Å². The predicted molar refractivity (Wildman–Crippen MR) is 48.9 cm³/mol. The van der Waals surface area contributed by atoms with Gasteiger partial charge in [0.2, 0.25) is 0 Å². The zero-order valence-electron chi connectivity index (χ0n) is 7.12. The molecule has 1 N–H and O–H groups in total. The van der Waals surface area contributed by atoms with Crippen molar-refractivity contribution in [2.75, 3.05) is 0 Å². The number of rotatable bonds is 0. The summed E-state index contributed by atoms with van der Waals surface area (Å²) in [4.78, 5) is 0. The number of allylic oxidation sites excluding steroid dienone is 1. The molecule has 0 heterocycles. The second-order valence-electron chi connectivity index (χ2n) is 3.33. The first-order valence-corrected chi connectivity index (χ1v) is 4.20. The molecular formula is C11H12O. The summed E-state index contributed by atoms with van der Waals surface area (Å²) < 4.78 is 0. The molecule has 1 aromatic rings. The third-order valence-electron chi connectivity index (χ3n) is 2.29. The Bertz CT molecular complexity index is 326. The van der Waals surface area contributed by atoms with Gasteiger partial charge in [0.15, 0.2) is 0 Å². The minimum Gasteiger partial charge on any atom is -0.384 e. The first-order valence-electron chi connectivity index (χ1n) is 4.20. The van der Waals surface area contributed by atoms with E-state index in [-0.39, 0.29) is 0 Å². The molecule has 0 aliphatic heterocycles. The summed E-state index contributed by atoms with van der Waals surface area (Å²) in [5.41, 5.74) is 3.56. The molecule has 1 aromatic carbocycles. The number of aliphatic hydroxyl groups excluding tert-OH is 1. The summed E-state index contributed by atoms with van der Waals surface area (Å²) in [7, 11) is 0. The SMILES string of the molecule is CC1=CC(O)c2ccccc2C1. The van der Waals surface area contributed by atoms with Crippen LogP contribution in [-0.2, 0) is 6.42 Å². The lowest BCUT2D eigenvalue weighted by molar-refractivity contribution is 0.224. The fourth-order valence-corrected chi connectivity index (χ4v) is 1.70. The van der Waals surface area contributed by atoms with Crippen molar-refractivity contribution in [2.24, 2.45) is 0 Å². The molecular weight excluding hydrogens is 148 g/mol. The van der Waals surface area contributed by atoms with Gasteiger partial charge in [0, 0.05) is 0 Å². The quantitative estimate of drug-likeness (QED) is 0.577. The van der Waals surface area contributed by atoms with E-state index < -0.39 is 6.10 Å². The van der Waals surface area contributed by atoms with E-state index in [1.54, 1.807) is 0 Å². The van der Waals surface area contributed by atoms with E-state index in [9.17, 15) is 5.11 Å². The Kier molecular flexibility index (Phi) is 1.74. The highest BCUT2D eigenvalue weighted by molar-refractivity contribution is 5.38. The molecule has 1 atom stereocenters. The standard InChI is InChI=1S/C11H12O/c1-8-6-9-4-2-3-5-10(9)11(12)7-8/h2-5,7,11-12H,6H2,1H3. The summed E-state index contributed by atoms with van der Waals surface area (Å²) in [6.45, 7) is 2.05. The van der Waals surface area contributed by atoms with E-state index in [1.165, 1.54) is 11.1 Å². The molecule has 1 unspecified atom stereocenters. The van der Waals surface area contributed by atoms with E-state index in [2.05, 4.69) is 13.0 Å². The van der Waals surface area contributed by atoms with Crippen LogP contribution in [0.4, 0.5) is 0 Å². The van der Waals surface area contributed by atoms with E-state index in [0.717, 1.165) is 12.0 Å². The van der Waals surface area contributed by atoms with Gasteiger partial charge in [0.1, 0.15) is 0 Å². The monoisotopic (exact) mass is 160 g/mol. The van der Waals surface area contributed by atoms with E-state index in [0.29, 0.717) is 0 Å². The Balaban J connectivity index is 2.48. The van der Waals surface area contributed by atoms with Gasteiger partial charge in [-0.3, -0.25) is 0 Å². The third-order valence-corrected chi connectivity index (χ3v) is 2.29. The Morgan fingerprint density at radius 1 is 1.33 bits per heavy atom. The first kappa shape index (κ1) is 7.56. The molecule has 0 fully saturated rings. The van der Waals surface area contributed by atoms with Crippen molar-refractivity contribution in [3.05, 3.63) is 47.0 Å². The van der Waals surface area contributed by atoms with Crippen LogP contribution in [0.2, 0.25) is 0 Å². The number of hydrogen-bond acceptors (Lipinski definition) is 1. The fraction of sp³-hybridized carbons (Fsp3) is 0.273. The average Bonchev–Trinajstić information content (AvgIpc) is 2.04. The fourth-order valence-electron chi connectivity index (χ4n) is 1.70. The summed E-state index contributed by atoms with van der Waals surface area (Å²) in [6.07, 6.45) is 2.50. The summed E-state index contributed by atoms with van der Waals surface area (Å²) >= 11 is 0. The molecule has 62 valence electrons. The molecule has 0 saturated carbocycles. The number of hydrogen-bond donors (Lipinski definition) is 1. The largest absolute Gasteiger partial charge is 0.384 e. The minimum atomic E-state index is -0.394. The van der Waals surface area contributed by atoms with E-state index in [1.807, 2.05) is 24.3 Å². The molecule has 2 rings (SSSR count).